The first-order valence-electron chi connectivity index (χ1n) is 9.50. The van der Waals surface area contributed by atoms with E-state index in [2.05, 4.69) is 35.9 Å². The average Bonchev–Trinajstić information content (AvgIpc) is 3.04. The Morgan fingerprint density at radius 3 is 2.73 bits per heavy atom. The summed E-state index contributed by atoms with van der Waals surface area (Å²) in [4.78, 5) is 16.8. The normalized spacial score (nSPS) is 21.4. The number of carbonyl (C=O) groups is 1. The van der Waals surface area contributed by atoms with Crippen molar-refractivity contribution < 1.29 is 4.79 Å². The highest BCUT2D eigenvalue weighted by Crippen LogP contribution is 2.37. The van der Waals surface area contributed by atoms with Crippen molar-refractivity contribution in [2.24, 2.45) is 10.4 Å². The molecule has 3 rings (SSSR count). The van der Waals surface area contributed by atoms with Crippen LogP contribution in [0, 0.1) is 5.41 Å². The number of nitrogens with zero attached hydrogens (tertiary/aromatic N) is 1. The molecule has 1 amide bonds. The quantitative estimate of drug-likeness (QED) is 0.348. The van der Waals surface area contributed by atoms with Gasteiger partial charge in [0.15, 0.2) is 5.96 Å². The van der Waals surface area contributed by atoms with Gasteiger partial charge in [0.05, 0.1) is 0 Å². The van der Waals surface area contributed by atoms with Crippen LogP contribution < -0.4 is 16.0 Å². The lowest BCUT2D eigenvalue weighted by molar-refractivity contribution is -0.116. The number of hydrogen-bond donors (Lipinski definition) is 3. The number of aliphatic imine (C=N–C) groups is 1. The van der Waals surface area contributed by atoms with Crippen molar-refractivity contribution in [3.63, 3.8) is 0 Å². The van der Waals surface area contributed by atoms with Crippen molar-refractivity contribution in [2.75, 3.05) is 25.0 Å². The molecule has 1 heterocycles. The topological polar surface area (TPSA) is 65.5 Å². The van der Waals surface area contributed by atoms with Crippen molar-refractivity contribution >= 4 is 41.5 Å². The summed E-state index contributed by atoms with van der Waals surface area (Å²) in [6, 6.07) is 8.07. The Bertz CT molecular complexity index is 640. The smallest absolute Gasteiger partial charge is 0.225 e. The first kappa shape index (κ1) is 21.0. The fourth-order valence-corrected chi connectivity index (χ4v) is 3.90. The van der Waals surface area contributed by atoms with Gasteiger partial charge in [-0.15, -0.1) is 24.0 Å². The molecule has 0 saturated heterocycles. The van der Waals surface area contributed by atoms with Gasteiger partial charge in [-0.1, -0.05) is 38.0 Å². The highest BCUT2D eigenvalue weighted by Gasteiger charge is 2.28. The van der Waals surface area contributed by atoms with Gasteiger partial charge in [-0.2, -0.15) is 0 Å². The number of nitrogens with one attached hydrogen (secondary N) is 3. The van der Waals surface area contributed by atoms with E-state index in [1.54, 1.807) is 0 Å². The van der Waals surface area contributed by atoms with E-state index in [1.807, 2.05) is 18.2 Å². The second-order valence-electron chi connectivity index (χ2n) is 7.63. The van der Waals surface area contributed by atoms with Gasteiger partial charge >= 0.3 is 0 Å². The Kier molecular flexibility index (Phi) is 7.73. The van der Waals surface area contributed by atoms with Crippen molar-refractivity contribution in [3.05, 3.63) is 29.8 Å². The van der Waals surface area contributed by atoms with E-state index >= 15 is 0 Å². The molecule has 1 aromatic carbocycles. The number of halogens is 1. The van der Waals surface area contributed by atoms with Crippen LogP contribution in [0.1, 0.15) is 57.4 Å². The summed E-state index contributed by atoms with van der Waals surface area (Å²) < 4.78 is 0. The van der Waals surface area contributed by atoms with Gasteiger partial charge in [0.25, 0.3) is 0 Å². The Hall–Kier alpha value is -1.31. The maximum absolute atomic E-state index is 12.0. The summed E-state index contributed by atoms with van der Waals surface area (Å²) >= 11 is 0. The minimum atomic E-state index is 0. The summed E-state index contributed by atoms with van der Waals surface area (Å²) in [6.07, 6.45) is 5.70. The number of fused-ring (bicyclic) bond motifs is 1. The number of hydrogen-bond acceptors (Lipinski definition) is 2. The molecule has 0 radical (unpaired) electrons. The number of benzene rings is 1. The molecule has 0 aromatic heterocycles. The van der Waals surface area contributed by atoms with Crippen molar-refractivity contribution in [2.45, 2.75) is 51.9 Å². The molecular formula is C20H31IN4O. The molecule has 1 atom stereocenters. The molecule has 1 aromatic rings. The summed E-state index contributed by atoms with van der Waals surface area (Å²) in [5.74, 6) is 1.13. The Labute approximate surface area is 173 Å². The maximum Gasteiger partial charge on any atom is 0.225 e. The molecule has 26 heavy (non-hydrogen) atoms. The summed E-state index contributed by atoms with van der Waals surface area (Å²) in [7, 11) is 0. The lowest BCUT2D eigenvalue weighted by atomic mass is 9.89. The van der Waals surface area contributed by atoms with E-state index in [9.17, 15) is 4.79 Å². The predicted octanol–water partition coefficient (Wildman–Crippen LogP) is 3.87. The minimum absolute atomic E-state index is 0. The van der Waals surface area contributed by atoms with Crippen LogP contribution in [0.3, 0.4) is 0 Å². The Morgan fingerprint density at radius 1 is 1.27 bits per heavy atom. The van der Waals surface area contributed by atoms with Gasteiger partial charge in [0.2, 0.25) is 5.91 Å². The number of carbonyl (C=O) groups excluding carboxylic acids is 1. The largest absolute Gasteiger partial charge is 0.357 e. The lowest BCUT2D eigenvalue weighted by Gasteiger charge is -2.27. The minimum Gasteiger partial charge on any atom is -0.357 e. The predicted molar refractivity (Wildman–Crippen MR) is 118 cm³/mol. The monoisotopic (exact) mass is 470 g/mol. The third-order valence-corrected chi connectivity index (χ3v) is 5.40. The number of amides is 1. The SMILES string of the molecule is CCNC(=NCC1(C)CCCC1)NCC1CC(=O)Nc2ccccc21.I. The number of para-hydroxylation sites is 1. The summed E-state index contributed by atoms with van der Waals surface area (Å²) in [6.45, 7) is 6.84. The molecule has 3 N–H and O–H groups in total. The van der Waals surface area contributed by atoms with Crippen molar-refractivity contribution in [1.82, 2.24) is 10.6 Å². The molecule has 1 unspecified atom stereocenters. The zero-order chi connectivity index (χ0) is 17.7. The van der Waals surface area contributed by atoms with Gasteiger partial charge in [-0.3, -0.25) is 9.79 Å². The molecule has 0 bridgehead atoms. The molecule has 0 spiro atoms. The molecule has 1 saturated carbocycles. The summed E-state index contributed by atoms with van der Waals surface area (Å²) in [5, 5.41) is 9.75. The number of anilines is 1. The number of guanidine groups is 1. The van der Waals surface area contributed by atoms with Crippen molar-refractivity contribution in [1.29, 1.82) is 0 Å². The van der Waals surface area contributed by atoms with Gasteiger partial charge in [0, 0.05) is 37.7 Å². The van der Waals surface area contributed by atoms with Gasteiger partial charge < -0.3 is 16.0 Å². The lowest BCUT2D eigenvalue weighted by Crippen LogP contribution is -2.41. The first-order valence-corrected chi connectivity index (χ1v) is 9.50. The second-order valence-corrected chi connectivity index (χ2v) is 7.63. The van der Waals surface area contributed by atoms with Crippen LogP contribution in [-0.2, 0) is 4.79 Å². The molecule has 1 aliphatic heterocycles. The van der Waals surface area contributed by atoms with E-state index < -0.39 is 0 Å². The molecule has 1 aliphatic carbocycles. The zero-order valence-electron chi connectivity index (χ0n) is 15.8. The fraction of sp³-hybridized carbons (Fsp3) is 0.600. The van der Waals surface area contributed by atoms with Crippen LogP contribution in [0.15, 0.2) is 29.3 Å². The first-order chi connectivity index (χ1) is 12.1. The van der Waals surface area contributed by atoms with E-state index in [4.69, 9.17) is 4.99 Å². The van der Waals surface area contributed by atoms with Crippen LogP contribution in [0.4, 0.5) is 5.69 Å². The van der Waals surface area contributed by atoms with Crippen LogP contribution in [-0.4, -0.2) is 31.5 Å². The van der Waals surface area contributed by atoms with Crippen molar-refractivity contribution in [3.8, 4) is 0 Å². The highest BCUT2D eigenvalue weighted by molar-refractivity contribution is 14.0. The van der Waals surface area contributed by atoms with Crippen LogP contribution >= 0.6 is 24.0 Å². The van der Waals surface area contributed by atoms with E-state index in [1.165, 1.54) is 31.2 Å². The highest BCUT2D eigenvalue weighted by atomic mass is 127. The Morgan fingerprint density at radius 2 is 2.00 bits per heavy atom. The standard InChI is InChI=1S/C20H30N4O.HI/c1-3-21-19(23-14-20(2)10-6-7-11-20)22-13-15-12-18(25)24-17-9-5-4-8-16(15)17;/h4-5,8-9,15H,3,6-7,10-14H2,1-2H3,(H,24,25)(H2,21,22,23);1H. The average molecular weight is 470 g/mol. The molecule has 5 nitrogen and oxygen atoms in total. The molecular weight excluding hydrogens is 439 g/mol. The molecule has 2 aliphatic rings. The molecule has 1 fully saturated rings. The Balaban J connectivity index is 0.00000243. The van der Waals surface area contributed by atoms with Gasteiger partial charge in [0.1, 0.15) is 0 Å². The van der Waals surface area contributed by atoms with E-state index in [0.717, 1.165) is 24.7 Å². The summed E-state index contributed by atoms with van der Waals surface area (Å²) in [5.41, 5.74) is 2.49. The van der Waals surface area contributed by atoms with Gasteiger partial charge in [-0.05, 0) is 36.8 Å². The third kappa shape index (κ3) is 5.34. The number of rotatable bonds is 5. The van der Waals surface area contributed by atoms with Crippen LogP contribution in [0.25, 0.3) is 0 Å². The zero-order valence-corrected chi connectivity index (χ0v) is 18.1. The van der Waals surface area contributed by atoms with Crippen LogP contribution in [0.2, 0.25) is 0 Å². The van der Waals surface area contributed by atoms with E-state index in [-0.39, 0.29) is 35.8 Å². The van der Waals surface area contributed by atoms with E-state index in [0.29, 0.717) is 18.4 Å². The fourth-order valence-electron chi connectivity index (χ4n) is 3.90. The van der Waals surface area contributed by atoms with Gasteiger partial charge in [-0.25, -0.2) is 0 Å². The molecule has 144 valence electrons. The second kappa shape index (κ2) is 9.58. The van der Waals surface area contributed by atoms with Crippen LogP contribution in [0.5, 0.6) is 0 Å². The third-order valence-electron chi connectivity index (χ3n) is 5.40. The molecule has 6 heteroatoms. The maximum atomic E-state index is 12.0.